The average Bonchev–Trinajstić information content (AvgIpc) is 2.74. The van der Waals surface area contributed by atoms with Crippen molar-refractivity contribution < 1.29 is 15.0 Å². The predicted molar refractivity (Wildman–Crippen MR) is 132 cm³/mol. The van der Waals surface area contributed by atoms with Crippen molar-refractivity contribution in [1.29, 1.82) is 0 Å². The van der Waals surface area contributed by atoms with Gasteiger partial charge in [0.1, 0.15) is 0 Å². The maximum Gasteiger partial charge on any atom is 0.306 e. The molecule has 0 aromatic heterocycles. The van der Waals surface area contributed by atoms with Gasteiger partial charge in [0.2, 0.25) is 0 Å². The number of aliphatic hydroxyl groups is 1. The lowest BCUT2D eigenvalue weighted by molar-refractivity contribution is -0.232. The summed E-state index contributed by atoms with van der Waals surface area (Å²) in [7, 11) is 0. The molecule has 13 atom stereocenters. The fraction of sp³-hybridized carbons (Fsp3) is 0.967. The number of hydrogen-bond donors (Lipinski definition) is 2. The standard InChI is InChI=1S/C30H50O3/c1-16-14-20(27(32)33)19-10-12-29(6)23(26(19)18(16)3)9-8-22-25-17(2)15-24(31)28(4,5)21(25)11-13-30(22,29)7/h16-26,31H,8-15H2,1-7H3,(H,32,33). The van der Waals surface area contributed by atoms with E-state index < -0.39 is 5.97 Å². The third-order valence-electron chi connectivity index (χ3n) is 13.6. The van der Waals surface area contributed by atoms with Gasteiger partial charge in [0, 0.05) is 0 Å². The van der Waals surface area contributed by atoms with Crippen LogP contribution in [0.2, 0.25) is 0 Å². The van der Waals surface area contributed by atoms with Gasteiger partial charge in [0.25, 0.3) is 0 Å². The lowest BCUT2D eigenvalue weighted by Crippen LogP contribution is -2.65. The first-order chi connectivity index (χ1) is 15.3. The predicted octanol–water partition coefficient (Wildman–Crippen LogP) is 6.88. The lowest BCUT2D eigenvalue weighted by Gasteiger charge is -2.71. The van der Waals surface area contributed by atoms with E-state index in [1.807, 2.05) is 0 Å². The van der Waals surface area contributed by atoms with Crippen molar-refractivity contribution in [3.8, 4) is 0 Å². The molecule has 0 aliphatic heterocycles. The Balaban J connectivity index is 1.51. The second-order valence-electron chi connectivity index (χ2n) is 14.7. The number of fused-ring (bicyclic) bond motifs is 7. The molecule has 3 nitrogen and oxygen atoms in total. The van der Waals surface area contributed by atoms with Crippen LogP contribution in [0, 0.1) is 75.4 Å². The maximum absolute atomic E-state index is 12.3. The highest BCUT2D eigenvalue weighted by Gasteiger charge is 2.67. The minimum absolute atomic E-state index is 0.0238. The molecule has 0 aromatic rings. The molecule has 0 amide bonds. The molecule has 0 aromatic carbocycles. The summed E-state index contributed by atoms with van der Waals surface area (Å²) in [5.41, 5.74) is 0.681. The van der Waals surface area contributed by atoms with E-state index in [2.05, 4.69) is 48.5 Å². The van der Waals surface area contributed by atoms with E-state index >= 15 is 0 Å². The smallest absolute Gasteiger partial charge is 0.306 e. The Bertz CT molecular complexity index is 789. The first-order valence-corrected chi connectivity index (χ1v) is 14.3. The highest BCUT2D eigenvalue weighted by Crippen LogP contribution is 2.73. The summed E-state index contributed by atoms with van der Waals surface area (Å²) in [4.78, 5) is 12.3. The van der Waals surface area contributed by atoms with Crippen molar-refractivity contribution >= 4 is 5.97 Å². The molecule has 5 fully saturated rings. The van der Waals surface area contributed by atoms with E-state index in [-0.39, 0.29) is 17.4 Å². The summed E-state index contributed by atoms with van der Waals surface area (Å²) in [5, 5.41) is 21.0. The highest BCUT2D eigenvalue weighted by atomic mass is 16.4. The summed E-state index contributed by atoms with van der Waals surface area (Å²) in [6.45, 7) is 17.1. The summed E-state index contributed by atoms with van der Waals surface area (Å²) in [6.07, 6.45) is 9.15. The van der Waals surface area contributed by atoms with Gasteiger partial charge in [0.05, 0.1) is 12.0 Å². The molecule has 0 radical (unpaired) electrons. The van der Waals surface area contributed by atoms with E-state index in [0.29, 0.717) is 52.3 Å². The van der Waals surface area contributed by atoms with Crippen LogP contribution < -0.4 is 0 Å². The molecule has 5 aliphatic carbocycles. The molecular weight excluding hydrogens is 408 g/mol. The Kier molecular flexibility index (Phi) is 5.64. The van der Waals surface area contributed by atoms with Crippen molar-refractivity contribution in [3.05, 3.63) is 0 Å². The minimum Gasteiger partial charge on any atom is -0.481 e. The molecule has 0 saturated heterocycles. The number of carbonyl (C=O) groups is 1. The summed E-state index contributed by atoms with van der Waals surface area (Å²) < 4.78 is 0. The van der Waals surface area contributed by atoms with Crippen LogP contribution in [0.5, 0.6) is 0 Å². The number of carboxylic acids is 1. The molecule has 5 rings (SSSR count). The number of aliphatic hydroxyl groups excluding tert-OH is 1. The molecule has 0 bridgehead atoms. The zero-order valence-corrected chi connectivity index (χ0v) is 22.3. The van der Waals surface area contributed by atoms with Crippen molar-refractivity contribution in [1.82, 2.24) is 0 Å². The van der Waals surface area contributed by atoms with Gasteiger partial charge < -0.3 is 10.2 Å². The normalized spacial score (nSPS) is 57.8. The molecular formula is C30H50O3. The molecule has 188 valence electrons. The summed E-state index contributed by atoms with van der Waals surface area (Å²) >= 11 is 0. The van der Waals surface area contributed by atoms with E-state index in [1.165, 1.54) is 32.1 Å². The minimum atomic E-state index is -0.537. The molecule has 3 heteroatoms. The summed E-state index contributed by atoms with van der Waals surface area (Å²) in [6, 6.07) is 0. The van der Waals surface area contributed by atoms with Crippen molar-refractivity contribution in [2.75, 3.05) is 0 Å². The van der Waals surface area contributed by atoms with E-state index in [9.17, 15) is 15.0 Å². The number of rotatable bonds is 1. The van der Waals surface area contributed by atoms with Crippen molar-refractivity contribution in [2.45, 2.75) is 106 Å². The Morgan fingerprint density at radius 3 is 1.94 bits per heavy atom. The zero-order valence-electron chi connectivity index (χ0n) is 22.3. The van der Waals surface area contributed by atoms with E-state index in [4.69, 9.17) is 0 Å². The van der Waals surface area contributed by atoms with Gasteiger partial charge in [-0.3, -0.25) is 4.79 Å². The third kappa shape index (κ3) is 3.12. The number of carboxylic acid groups (broad SMARTS) is 1. The molecule has 5 saturated carbocycles. The van der Waals surface area contributed by atoms with Crippen LogP contribution in [0.25, 0.3) is 0 Å². The van der Waals surface area contributed by atoms with Crippen LogP contribution in [-0.4, -0.2) is 22.3 Å². The van der Waals surface area contributed by atoms with Crippen molar-refractivity contribution in [3.63, 3.8) is 0 Å². The van der Waals surface area contributed by atoms with Crippen LogP contribution in [0.1, 0.15) is 99.8 Å². The maximum atomic E-state index is 12.3. The van der Waals surface area contributed by atoms with E-state index in [0.717, 1.165) is 31.1 Å². The largest absolute Gasteiger partial charge is 0.481 e. The zero-order chi connectivity index (χ0) is 24.1. The summed E-state index contributed by atoms with van der Waals surface area (Å²) in [5.74, 6) is 4.82. The third-order valence-corrected chi connectivity index (χ3v) is 13.6. The second kappa shape index (κ2) is 7.71. The Morgan fingerprint density at radius 1 is 0.758 bits per heavy atom. The van der Waals surface area contributed by atoms with Gasteiger partial charge >= 0.3 is 5.97 Å². The molecule has 13 unspecified atom stereocenters. The number of aliphatic carboxylic acids is 1. The van der Waals surface area contributed by atoms with E-state index in [1.54, 1.807) is 0 Å². The highest BCUT2D eigenvalue weighted by molar-refractivity contribution is 5.70. The number of hydrogen-bond acceptors (Lipinski definition) is 2. The van der Waals surface area contributed by atoms with Crippen molar-refractivity contribution in [2.24, 2.45) is 75.4 Å². The van der Waals surface area contributed by atoms with Gasteiger partial charge in [-0.15, -0.1) is 0 Å². The van der Waals surface area contributed by atoms with Crippen LogP contribution in [0.15, 0.2) is 0 Å². The fourth-order valence-electron chi connectivity index (χ4n) is 11.3. The SMILES string of the molecule is CC1CC(C(=O)O)C2CCC3(C)C(CCC4C5C(C)CC(O)C(C)(C)C5CCC43C)C2C1C. The van der Waals surface area contributed by atoms with Gasteiger partial charge in [-0.05, 0) is 121 Å². The Morgan fingerprint density at radius 2 is 1.33 bits per heavy atom. The van der Waals surface area contributed by atoms with Crippen LogP contribution >= 0.6 is 0 Å². The van der Waals surface area contributed by atoms with Crippen LogP contribution in [-0.2, 0) is 4.79 Å². The second-order valence-corrected chi connectivity index (χ2v) is 14.7. The van der Waals surface area contributed by atoms with Gasteiger partial charge in [0.15, 0.2) is 0 Å². The topological polar surface area (TPSA) is 57.5 Å². The lowest BCUT2D eigenvalue weighted by atomic mass is 9.34. The first kappa shape index (κ1) is 24.1. The fourth-order valence-corrected chi connectivity index (χ4v) is 11.3. The molecule has 5 aliphatic rings. The molecule has 33 heavy (non-hydrogen) atoms. The first-order valence-electron chi connectivity index (χ1n) is 14.3. The van der Waals surface area contributed by atoms with Gasteiger partial charge in [-0.2, -0.15) is 0 Å². The monoisotopic (exact) mass is 458 g/mol. The van der Waals surface area contributed by atoms with Gasteiger partial charge in [-0.25, -0.2) is 0 Å². The van der Waals surface area contributed by atoms with Gasteiger partial charge in [-0.1, -0.05) is 48.5 Å². The van der Waals surface area contributed by atoms with Crippen LogP contribution in [0.3, 0.4) is 0 Å². The Labute approximate surface area is 202 Å². The molecule has 2 N–H and O–H groups in total. The Hall–Kier alpha value is -0.570. The molecule has 0 heterocycles. The quantitative estimate of drug-likeness (QED) is 0.450. The average molecular weight is 459 g/mol. The van der Waals surface area contributed by atoms with Crippen LogP contribution in [0.4, 0.5) is 0 Å². The molecule has 0 spiro atoms.